The van der Waals surface area contributed by atoms with Crippen molar-refractivity contribution in [1.82, 2.24) is 4.90 Å². The van der Waals surface area contributed by atoms with Crippen molar-refractivity contribution in [3.05, 3.63) is 28.2 Å². The molecule has 0 radical (unpaired) electrons. The molecule has 0 aromatic heterocycles. The highest BCUT2D eigenvalue weighted by molar-refractivity contribution is 6.42. The van der Waals surface area contributed by atoms with Crippen LogP contribution in [0.25, 0.3) is 0 Å². The van der Waals surface area contributed by atoms with Gasteiger partial charge in [-0.3, -0.25) is 14.4 Å². The Kier molecular flexibility index (Phi) is 12.5. The minimum atomic E-state index is -1.07. The molecule has 2 amide bonds. The third-order valence-corrected chi connectivity index (χ3v) is 5.56. The van der Waals surface area contributed by atoms with E-state index in [0.29, 0.717) is 23.8 Å². The Labute approximate surface area is 188 Å². The first-order valence-electron chi connectivity index (χ1n) is 10.6. The average Bonchev–Trinajstić information content (AvgIpc) is 2.69. The first-order chi connectivity index (χ1) is 14.3. The van der Waals surface area contributed by atoms with Crippen LogP contribution in [0.1, 0.15) is 65.2 Å². The molecule has 6 nitrogen and oxygen atoms in total. The van der Waals surface area contributed by atoms with Crippen molar-refractivity contribution in [2.75, 3.05) is 18.4 Å². The van der Waals surface area contributed by atoms with Crippen LogP contribution in [0.15, 0.2) is 18.2 Å². The Hall–Kier alpha value is -1.79. The molecule has 1 rings (SSSR count). The molecule has 0 saturated carbocycles. The van der Waals surface area contributed by atoms with E-state index in [2.05, 4.69) is 19.2 Å². The Bertz CT molecular complexity index is 702. The molecule has 30 heavy (non-hydrogen) atoms. The van der Waals surface area contributed by atoms with Crippen LogP contribution in [0.4, 0.5) is 5.69 Å². The highest BCUT2D eigenvalue weighted by atomic mass is 35.5. The Morgan fingerprint density at radius 1 is 1.00 bits per heavy atom. The van der Waals surface area contributed by atoms with E-state index in [1.807, 2.05) is 0 Å². The summed E-state index contributed by atoms with van der Waals surface area (Å²) in [7, 11) is 0. The van der Waals surface area contributed by atoms with Crippen LogP contribution in [0.3, 0.4) is 0 Å². The molecule has 1 aromatic carbocycles. The normalized spacial score (nSPS) is 11.7. The van der Waals surface area contributed by atoms with E-state index in [-0.39, 0.29) is 23.8 Å². The van der Waals surface area contributed by atoms with Gasteiger partial charge in [0.1, 0.15) is 5.92 Å². The first-order valence-corrected chi connectivity index (χ1v) is 11.3. The minimum absolute atomic E-state index is 0.0562. The molecular formula is C22H32Cl2N2O4. The van der Waals surface area contributed by atoms with E-state index < -0.39 is 17.8 Å². The number of carboxylic acid groups (broad SMARTS) is 1. The first kappa shape index (κ1) is 26.2. The van der Waals surface area contributed by atoms with Gasteiger partial charge in [0.2, 0.25) is 11.8 Å². The van der Waals surface area contributed by atoms with Gasteiger partial charge in [-0.05, 0) is 37.5 Å². The quantitative estimate of drug-likeness (QED) is 0.279. The summed E-state index contributed by atoms with van der Waals surface area (Å²) in [5.74, 6) is -2.96. The molecule has 1 unspecified atom stereocenters. The molecule has 2 N–H and O–H groups in total. The fourth-order valence-electron chi connectivity index (χ4n) is 3.10. The van der Waals surface area contributed by atoms with Gasteiger partial charge >= 0.3 is 5.97 Å². The van der Waals surface area contributed by atoms with Gasteiger partial charge in [0.25, 0.3) is 0 Å². The maximum absolute atomic E-state index is 13.2. The van der Waals surface area contributed by atoms with Crippen molar-refractivity contribution in [1.29, 1.82) is 0 Å². The topological polar surface area (TPSA) is 86.7 Å². The number of unbranched alkanes of at least 4 members (excludes halogenated alkanes) is 4. The van der Waals surface area contributed by atoms with Gasteiger partial charge in [-0.25, -0.2) is 0 Å². The summed E-state index contributed by atoms with van der Waals surface area (Å²) in [5, 5.41) is 12.4. The SMILES string of the molecule is CCCCCN(CCCCC)C(=O)C(CCC(=O)O)C(=O)Nc1ccc(Cl)c(Cl)c1. The van der Waals surface area contributed by atoms with E-state index in [4.69, 9.17) is 28.3 Å². The van der Waals surface area contributed by atoms with Crippen LogP contribution < -0.4 is 5.32 Å². The monoisotopic (exact) mass is 458 g/mol. The molecule has 0 fully saturated rings. The van der Waals surface area contributed by atoms with Crippen molar-refractivity contribution in [2.45, 2.75) is 65.2 Å². The number of aliphatic carboxylic acids is 1. The van der Waals surface area contributed by atoms with E-state index >= 15 is 0 Å². The number of carbonyl (C=O) groups is 3. The predicted octanol–water partition coefficient (Wildman–Crippen LogP) is 5.62. The summed E-state index contributed by atoms with van der Waals surface area (Å²) in [4.78, 5) is 38.9. The molecule has 0 aliphatic rings. The summed E-state index contributed by atoms with van der Waals surface area (Å²) in [6, 6.07) is 4.64. The number of hydrogen-bond acceptors (Lipinski definition) is 3. The maximum Gasteiger partial charge on any atom is 0.303 e. The number of carboxylic acids is 1. The van der Waals surface area contributed by atoms with Crippen molar-refractivity contribution < 1.29 is 19.5 Å². The molecule has 8 heteroatoms. The van der Waals surface area contributed by atoms with Gasteiger partial charge in [-0.15, -0.1) is 0 Å². The minimum Gasteiger partial charge on any atom is -0.481 e. The van der Waals surface area contributed by atoms with Crippen LogP contribution in [0, 0.1) is 5.92 Å². The number of amides is 2. The number of carbonyl (C=O) groups excluding carboxylic acids is 2. The fraction of sp³-hybridized carbons (Fsp3) is 0.591. The van der Waals surface area contributed by atoms with Crippen LogP contribution in [0.2, 0.25) is 10.0 Å². The lowest BCUT2D eigenvalue weighted by atomic mass is 9.99. The summed E-state index contributed by atoms with van der Waals surface area (Å²) in [5.41, 5.74) is 0.408. The zero-order valence-corrected chi connectivity index (χ0v) is 19.3. The van der Waals surface area contributed by atoms with E-state index in [1.54, 1.807) is 17.0 Å². The highest BCUT2D eigenvalue weighted by Crippen LogP contribution is 2.26. The zero-order chi connectivity index (χ0) is 22.5. The van der Waals surface area contributed by atoms with E-state index in [0.717, 1.165) is 38.5 Å². The van der Waals surface area contributed by atoms with Crippen LogP contribution in [-0.2, 0) is 14.4 Å². The summed E-state index contributed by atoms with van der Waals surface area (Å²) < 4.78 is 0. The molecule has 0 aliphatic heterocycles. The van der Waals surface area contributed by atoms with Crippen molar-refractivity contribution in [3.8, 4) is 0 Å². The standard InChI is InChI=1S/C22H32Cl2N2O4/c1-3-5-7-13-26(14-8-6-4-2)22(30)17(10-12-20(27)28)21(29)25-16-9-11-18(23)19(24)15-16/h9,11,15,17H,3-8,10,12-14H2,1-2H3,(H,25,29)(H,27,28). The number of nitrogens with one attached hydrogen (secondary N) is 1. The van der Waals surface area contributed by atoms with Crippen molar-refractivity contribution in [2.24, 2.45) is 5.92 Å². The lowest BCUT2D eigenvalue weighted by Crippen LogP contribution is -2.42. The van der Waals surface area contributed by atoms with Crippen LogP contribution in [-0.4, -0.2) is 40.9 Å². The number of hydrogen-bond donors (Lipinski definition) is 2. The lowest BCUT2D eigenvalue weighted by Gasteiger charge is -2.27. The Morgan fingerprint density at radius 2 is 1.60 bits per heavy atom. The van der Waals surface area contributed by atoms with Crippen LogP contribution >= 0.6 is 23.2 Å². The molecule has 0 heterocycles. The third-order valence-electron chi connectivity index (χ3n) is 4.82. The highest BCUT2D eigenvalue weighted by Gasteiger charge is 2.31. The fourth-order valence-corrected chi connectivity index (χ4v) is 3.39. The molecule has 0 spiro atoms. The number of nitrogens with zero attached hydrogens (tertiary/aromatic N) is 1. The smallest absolute Gasteiger partial charge is 0.303 e. The van der Waals surface area contributed by atoms with E-state index in [1.165, 1.54) is 6.07 Å². The Balaban J connectivity index is 2.98. The van der Waals surface area contributed by atoms with Gasteiger partial charge in [-0.1, -0.05) is 62.7 Å². The second-order valence-electron chi connectivity index (χ2n) is 7.34. The van der Waals surface area contributed by atoms with Crippen LogP contribution in [0.5, 0.6) is 0 Å². The number of rotatable bonds is 14. The number of halogens is 2. The summed E-state index contributed by atoms with van der Waals surface area (Å²) in [6.07, 6.45) is 5.43. The average molecular weight is 459 g/mol. The molecule has 168 valence electrons. The molecule has 0 aliphatic carbocycles. The lowest BCUT2D eigenvalue weighted by molar-refractivity contribution is -0.142. The van der Waals surface area contributed by atoms with Crippen molar-refractivity contribution >= 4 is 46.7 Å². The third kappa shape index (κ3) is 9.35. The second kappa shape index (κ2) is 14.3. The number of benzene rings is 1. The van der Waals surface area contributed by atoms with Gasteiger partial charge in [0, 0.05) is 25.2 Å². The van der Waals surface area contributed by atoms with Gasteiger partial charge in [0.15, 0.2) is 0 Å². The largest absolute Gasteiger partial charge is 0.481 e. The van der Waals surface area contributed by atoms with Gasteiger partial charge in [-0.2, -0.15) is 0 Å². The summed E-state index contributed by atoms with van der Waals surface area (Å²) in [6.45, 7) is 5.31. The maximum atomic E-state index is 13.2. The van der Waals surface area contributed by atoms with E-state index in [9.17, 15) is 14.4 Å². The molecular weight excluding hydrogens is 427 g/mol. The van der Waals surface area contributed by atoms with Crippen molar-refractivity contribution in [3.63, 3.8) is 0 Å². The molecule has 0 saturated heterocycles. The molecule has 0 bridgehead atoms. The zero-order valence-electron chi connectivity index (χ0n) is 17.8. The van der Waals surface area contributed by atoms with Gasteiger partial charge in [0.05, 0.1) is 10.0 Å². The summed E-state index contributed by atoms with van der Waals surface area (Å²) >= 11 is 11.9. The molecule has 1 atom stereocenters. The van der Waals surface area contributed by atoms with Gasteiger partial charge < -0.3 is 15.3 Å². The Morgan fingerprint density at radius 3 is 2.10 bits per heavy atom. The molecule has 1 aromatic rings. The number of anilines is 1. The predicted molar refractivity (Wildman–Crippen MR) is 121 cm³/mol. The second-order valence-corrected chi connectivity index (χ2v) is 8.16.